The van der Waals surface area contributed by atoms with E-state index >= 15 is 0 Å². The Kier molecular flexibility index (Phi) is 7.10. The van der Waals surface area contributed by atoms with Crippen LogP contribution >= 0.6 is 23.4 Å². The molecule has 140 valence electrons. The molecule has 0 aliphatic carbocycles. The topological polar surface area (TPSA) is 48.0 Å². The van der Waals surface area contributed by atoms with Gasteiger partial charge in [0.2, 0.25) is 0 Å². The van der Waals surface area contributed by atoms with Crippen LogP contribution in [0.1, 0.15) is 20.8 Å². The summed E-state index contributed by atoms with van der Waals surface area (Å²) in [6.07, 6.45) is -0.601. The number of nitrogens with zero attached hydrogens (tertiary/aromatic N) is 1. The summed E-state index contributed by atoms with van der Waals surface area (Å²) in [5.41, 5.74) is -0.192. The van der Waals surface area contributed by atoms with Crippen molar-refractivity contribution in [1.82, 2.24) is 0 Å². The average Bonchev–Trinajstić information content (AvgIpc) is 2.90. The molecule has 0 N–H and O–H groups in total. The highest BCUT2D eigenvalue weighted by Gasteiger charge is 2.42. The molecule has 1 aromatic carbocycles. The first-order valence-electron chi connectivity index (χ1n) is 7.87. The van der Waals surface area contributed by atoms with Gasteiger partial charge in [-0.2, -0.15) is 0 Å². The Labute approximate surface area is 156 Å². The normalized spacial score (nSPS) is 18.2. The number of rotatable bonds is 7. The van der Waals surface area contributed by atoms with Crippen LogP contribution in [0, 0.1) is 11.2 Å². The van der Waals surface area contributed by atoms with E-state index in [4.69, 9.17) is 25.8 Å². The van der Waals surface area contributed by atoms with Gasteiger partial charge in [-0.1, -0.05) is 44.1 Å². The standard InChI is InChI=1S/C17H23ClFNO4S/c1-17(2,3)15-16(21)20(9-24-15)13-8-14(11(18)7-12(13)19)25-10-23-6-5-22-4/h7-8,15H,5-6,9-10H2,1-4H3. The summed E-state index contributed by atoms with van der Waals surface area (Å²) in [4.78, 5) is 14.5. The fourth-order valence-corrected chi connectivity index (χ4v) is 3.41. The number of amides is 1. The Bertz CT molecular complexity index is 623. The summed E-state index contributed by atoms with van der Waals surface area (Å²) in [5.74, 6) is -0.453. The quantitative estimate of drug-likeness (QED) is 0.400. The molecule has 1 aliphatic rings. The predicted molar refractivity (Wildman–Crippen MR) is 96.6 cm³/mol. The summed E-state index contributed by atoms with van der Waals surface area (Å²) in [6.45, 7) is 6.72. The van der Waals surface area contributed by atoms with E-state index in [2.05, 4.69) is 0 Å². The van der Waals surface area contributed by atoms with Gasteiger partial charge in [0.05, 0.1) is 29.9 Å². The van der Waals surface area contributed by atoms with Gasteiger partial charge >= 0.3 is 0 Å². The van der Waals surface area contributed by atoms with Gasteiger partial charge in [0.1, 0.15) is 18.7 Å². The number of carbonyl (C=O) groups is 1. The lowest BCUT2D eigenvalue weighted by molar-refractivity contribution is -0.126. The molecule has 8 heteroatoms. The molecule has 0 bridgehead atoms. The highest BCUT2D eigenvalue weighted by Crippen LogP contribution is 2.37. The van der Waals surface area contributed by atoms with Crippen molar-refractivity contribution >= 4 is 35.0 Å². The van der Waals surface area contributed by atoms with E-state index in [1.807, 2.05) is 20.8 Å². The van der Waals surface area contributed by atoms with Crippen LogP contribution in [0.4, 0.5) is 10.1 Å². The van der Waals surface area contributed by atoms with Gasteiger partial charge in [0.25, 0.3) is 5.91 Å². The Balaban J connectivity index is 2.13. The molecule has 1 fully saturated rings. The molecule has 0 radical (unpaired) electrons. The van der Waals surface area contributed by atoms with E-state index in [1.54, 1.807) is 13.2 Å². The van der Waals surface area contributed by atoms with Crippen molar-refractivity contribution in [2.75, 3.05) is 37.9 Å². The Hall–Kier alpha value is -0.860. The molecular formula is C17H23ClFNO4S. The number of anilines is 1. The van der Waals surface area contributed by atoms with E-state index in [0.717, 1.165) is 0 Å². The minimum Gasteiger partial charge on any atom is -0.382 e. The molecule has 1 aromatic rings. The van der Waals surface area contributed by atoms with Crippen molar-refractivity contribution in [3.8, 4) is 0 Å². The van der Waals surface area contributed by atoms with E-state index in [1.165, 1.54) is 22.7 Å². The number of ether oxygens (including phenoxy) is 3. The largest absolute Gasteiger partial charge is 0.382 e. The molecule has 0 aromatic heterocycles. The summed E-state index contributed by atoms with van der Waals surface area (Å²) in [5, 5.41) is 0.279. The zero-order valence-electron chi connectivity index (χ0n) is 14.8. The third-order valence-corrected chi connectivity index (χ3v) is 5.03. The second kappa shape index (κ2) is 8.68. The third-order valence-electron chi connectivity index (χ3n) is 3.67. The van der Waals surface area contributed by atoms with Gasteiger partial charge in [-0.25, -0.2) is 4.39 Å². The summed E-state index contributed by atoms with van der Waals surface area (Å²) in [7, 11) is 1.60. The molecular weight excluding hydrogens is 369 g/mol. The van der Waals surface area contributed by atoms with E-state index in [0.29, 0.717) is 24.0 Å². The summed E-state index contributed by atoms with van der Waals surface area (Å²) >= 11 is 7.44. The van der Waals surface area contributed by atoms with Crippen LogP contribution in [0.2, 0.25) is 5.02 Å². The second-order valence-corrected chi connectivity index (χ2v) is 8.08. The predicted octanol–water partition coefficient (Wildman–Crippen LogP) is 3.93. The lowest BCUT2D eigenvalue weighted by atomic mass is 9.88. The first-order valence-corrected chi connectivity index (χ1v) is 9.23. The van der Waals surface area contributed by atoms with Crippen molar-refractivity contribution < 1.29 is 23.4 Å². The SMILES string of the molecule is COCCOCSc1cc(N2COC(C(C)(C)C)C2=O)c(F)cc1Cl. The van der Waals surface area contributed by atoms with Gasteiger partial charge in [-0.05, 0) is 17.5 Å². The smallest absolute Gasteiger partial charge is 0.258 e. The molecule has 0 spiro atoms. The van der Waals surface area contributed by atoms with Gasteiger partial charge < -0.3 is 14.2 Å². The molecule has 1 heterocycles. The molecule has 1 aliphatic heterocycles. The fraction of sp³-hybridized carbons (Fsp3) is 0.588. The zero-order valence-corrected chi connectivity index (χ0v) is 16.4. The maximum absolute atomic E-state index is 14.4. The minimum atomic E-state index is -0.601. The number of hydrogen-bond acceptors (Lipinski definition) is 5. The Morgan fingerprint density at radius 2 is 2.12 bits per heavy atom. The third kappa shape index (κ3) is 5.08. The van der Waals surface area contributed by atoms with Gasteiger partial charge in [0.15, 0.2) is 0 Å². The number of hydrogen-bond donors (Lipinski definition) is 0. The van der Waals surface area contributed by atoms with Crippen LogP contribution in [0.3, 0.4) is 0 Å². The van der Waals surface area contributed by atoms with Crippen LogP contribution < -0.4 is 4.90 Å². The number of halogens is 2. The maximum atomic E-state index is 14.4. The highest BCUT2D eigenvalue weighted by atomic mass is 35.5. The first-order chi connectivity index (χ1) is 11.8. The minimum absolute atomic E-state index is 0.0216. The molecule has 5 nitrogen and oxygen atoms in total. The van der Waals surface area contributed by atoms with Crippen molar-refractivity contribution in [3.63, 3.8) is 0 Å². The fourth-order valence-electron chi connectivity index (χ4n) is 2.38. The number of thioether (sulfide) groups is 1. The number of methoxy groups -OCH3 is 1. The van der Waals surface area contributed by atoms with E-state index in [9.17, 15) is 9.18 Å². The van der Waals surface area contributed by atoms with Crippen LogP contribution in [0.5, 0.6) is 0 Å². The highest BCUT2D eigenvalue weighted by molar-refractivity contribution is 7.99. The van der Waals surface area contributed by atoms with E-state index < -0.39 is 11.9 Å². The monoisotopic (exact) mass is 391 g/mol. The van der Waals surface area contributed by atoms with E-state index in [-0.39, 0.29) is 28.8 Å². The van der Waals surface area contributed by atoms with Crippen molar-refractivity contribution in [2.45, 2.75) is 31.8 Å². The van der Waals surface area contributed by atoms with Crippen LogP contribution in [-0.2, 0) is 19.0 Å². The van der Waals surface area contributed by atoms with Gasteiger partial charge in [-0.3, -0.25) is 9.69 Å². The molecule has 1 atom stereocenters. The average molecular weight is 392 g/mol. The van der Waals surface area contributed by atoms with Gasteiger partial charge in [0, 0.05) is 12.0 Å². The number of carbonyl (C=O) groups excluding carboxylic acids is 1. The van der Waals surface area contributed by atoms with Crippen molar-refractivity contribution in [2.24, 2.45) is 5.41 Å². The first kappa shape index (κ1) is 20.5. The number of benzene rings is 1. The molecule has 25 heavy (non-hydrogen) atoms. The Morgan fingerprint density at radius 1 is 1.40 bits per heavy atom. The lowest BCUT2D eigenvalue weighted by Gasteiger charge is -2.24. The molecule has 1 saturated heterocycles. The zero-order chi connectivity index (χ0) is 18.6. The van der Waals surface area contributed by atoms with Crippen LogP contribution in [-0.4, -0.2) is 45.0 Å². The molecule has 0 saturated carbocycles. The van der Waals surface area contributed by atoms with Crippen molar-refractivity contribution in [3.05, 3.63) is 23.0 Å². The summed E-state index contributed by atoms with van der Waals surface area (Å²) < 4.78 is 30.2. The van der Waals surface area contributed by atoms with Crippen LogP contribution in [0.25, 0.3) is 0 Å². The van der Waals surface area contributed by atoms with Crippen molar-refractivity contribution in [1.29, 1.82) is 0 Å². The maximum Gasteiger partial charge on any atom is 0.258 e. The second-order valence-electron chi connectivity index (χ2n) is 6.71. The van der Waals surface area contributed by atoms with Gasteiger partial charge in [-0.15, -0.1) is 0 Å². The molecule has 2 rings (SSSR count). The molecule has 1 unspecified atom stereocenters. The summed E-state index contributed by atoms with van der Waals surface area (Å²) in [6, 6.07) is 2.78. The molecule has 1 amide bonds. The lowest BCUT2D eigenvalue weighted by Crippen LogP contribution is -2.37. The Morgan fingerprint density at radius 3 is 2.72 bits per heavy atom. The van der Waals surface area contributed by atoms with Crippen LogP contribution in [0.15, 0.2) is 17.0 Å².